The lowest BCUT2D eigenvalue weighted by Gasteiger charge is -2.13. The van der Waals surface area contributed by atoms with Gasteiger partial charge in [0.15, 0.2) is 0 Å². The van der Waals surface area contributed by atoms with E-state index >= 15 is 0 Å². The zero-order chi connectivity index (χ0) is 20.2. The molecule has 4 heteroatoms. The minimum Gasteiger partial charge on any atom is -0.492 e. The van der Waals surface area contributed by atoms with Crippen molar-refractivity contribution in [3.63, 3.8) is 0 Å². The van der Waals surface area contributed by atoms with E-state index in [0.29, 0.717) is 30.5 Å². The Labute approximate surface area is 170 Å². The van der Waals surface area contributed by atoms with Gasteiger partial charge in [-0.2, -0.15) is 0 Å². The Kier molecular flexibility index (Phi) is 5.61. The number of rotatable bonds is 7. The van der Waals surface area contributed by atoms with Crippen LogP contribution in [0, 0.1) is 5.82 Å². The van der Waals surface area contributed by atoms with Gasteiger partial charge in [0.05, 0.1) is 23.1 Å². The normalized spacial score (nSPS) is 12.2. The van der Waals surface area contributed by atoms with Crippen molar-refractivity contribution < 1.29 is 9.13 Å². The standard InChI is InChI=1S/C25H25FN2O/c1-3-18(2)19-12-14-20(15-13-19)29-17-16-28-24-11-7-6-10-23(24)27-25(28)21-8-4-5-9-22(21)26/h4-15,18H,3,16-17H2,1-2H3. The lowest BCUT2D eigenvalue weighted by Crippen LogP contribution is -2.10. The molecule has 0 saturated heterocycles. The van der Waals surface area contributed by atoms with Crippen LogP contribution in [0.3, 0.4) is 0 Å². The fourth-order valence-electron chi connectivity index (χ4n) is 3.53. The van der Waals surface area contributed by atoms with E-state index in [-0.39, 0.29) is 5.82 Å². The van der Waals surface area contributed by atoms with Crippen molar-refractivity contribution in [1.82, 2.24) is 9.55 Å². The maximum Gasteiger partial charge on any atom is 0.144 e. The highest BCUT2D eigenvalue weighted by Crippen LogP contribution is 2.27. The minimum atomic E-state index is -0.273. The summed E-state index contributed by atoms with van der Waals surface area (Å²) < 4.78 is 22.4. The fourth-order valence-corrected chi connectivity index (χ4v) is 3.53. The molecule has 0 amide bonds. The molecule has 3 aromatic carbocycles. The van der Waals surface area contributed by atoms with E-state index in [1.165, 1.54) is 11.6 Å². The molecule has 4 rings (SSSR count). The van der Waals surface area contributed by atoms with Crippen molar-refractivity contribution in [1.29, 1.82) is 0 Å². The molecule has 0 bridgehead atoms. The average molecular weight is 388 g/mol. The number of benzene rings is 3. The van der Waals surface area contributed by atoms with Gasteiger partial charge in [-0.15, -0.1) is 0 Å². The van der Waals surface area contributed by atoms with Crippen LogP contribution in [0.15, 0.2) is 72.8 Å². The third-order valence-electron chi connectivity index (χ3n) is 5.41. The summed E-state index contributed by atoms with van der Waals surface area (Å²) >= 11 is 0. The molecule has 0 aliphatic rings. The van der Waals surface area contributed by atoms with Crippen LogP contribution in [0.1, 0.15) is 31.7 Å². The van der Waals surface area contributed by atoms with Crippen molar-refractivity contribution in [2.45, 2.75) is 32.7 Å². The Hall–Kier alpha value is -3.14. The number of hydrogen-bond acceptors (Lipinski definition) is 2. The Morgan fingerprint density at radius 2 is 1.69 bits per heavy atom. The third-order valence-corrected chi connectivity index (χ3v) is 5.41. The van der Waals surface area contributed by atoms with Gasteiger partial charge >= 0.3 is 0 Å². The number of fused-ring (bicyclic) bond motifs is 1. The average Bonchev–Trinajstić information content (AvgIpc) is 3.12. The molecular formula is C25H25FN2O. The van der Waals surface area contributed by atoms with Crippen molar-refractivity contribution in [3.8, 4) is 17.1 Å². The summed E-state index contributed by atoms with van der Waals surface area (Å²) in [5.41, 5.74) is 3.65. The molecular weight excluding hydrogens is 363 g/mol. The highest BCUT2D eigenvalue weighted by atomic mass is 19.1. The second kappa shape index (κ2) is 8.48. The molecule has 1 heterocycles. The molecule has 1 unspecified atom stereocenters. The largest absolute Gasteiger partial charge is 0.492 e. The molecule has 4 aromatic rings. The molecule has 0 saturated carbocycles. The lowest BCUT2D eigenvalue weighted by molar-refractivity contribution is 0.300. The number of nitrogens with zero attached hydrogens (tertiary/aromatic N) is 2. The van der Waals surface area contributed by atoms with Gasteiger partial charge in [0, 0.05) is 0 Å². The summed E-state index contributed by atoms with van der Waals surface area (Å²) in [5.74, 6) is 1.74. The molecule has 0 N–H and O–H groups in total. The van der Waals surface area contributed by atoms with Gasteiger partial charge in [-0.05, 0) is 54.3 Å². The molecule has 29 heavy (non-hydrogen) atoms. The summed E-state index contributed by atoms with van der Waals surface area (Å²) in [6.45, 7) is 5.48. The molecule has 1 atom stereocenters. The van der Waals surface area contributed by atoms with Crippen LogP contribution in [-0.4, -0.2) is 16.2 Å². The summed E-state index contributed by atoms with van der Waals surface area (Å²) in [6, 6.07) is 22.9. The van der Waals surface area contributed by atoms with E-state index in [0.717, 1.165) is 23.2 Å². The smallest absolute Gasteiger partial charge is 0.144 e. The van der Waals surface area contributed by atoms with Gasteiger partial charge in [-0.1, -0.05) is 50.2 Å². The van der Waals surface area contributed by atoms with Gasteiger partial charge in [-0.25, -0.2) is 9.37 Å². The van der Waals surface area contributed by atoms with Gasteiger partial charge in [0.2, 0.25) is 0 Å². The molecule has 0 radical (unpaired) electrons. The van der Waals surface area contributed by atoms with Gasteiger partial charge in [0.25, 0.3) is 0 Å². The number of imidazole rings is 1. The van der Waals surface area contributed by atoms with E-state index in [4.69, 9.17) is 4.74 Å². The first-order valence-corrected chi connectivity index (χ1v) is 10.1. The molecule has 1 aromatic heterocycles. The SMILES string of the molecule is CCC(C)c1ccc(OCCn2c(-c3ccccc3F)nc3ccccc32)cc1. The molecule has 3 nitrogen and oxygen atoms in total. The van der Waals surface area contributed by atoms with Crippen LogP contribution in [-0.2, 0) is 6.54 Å². The Morgan fingerprint density at radius 1 is 0.966 bits per heavy atom. The lowest BCUT2D eigenvalue weighted by atomic mass is 9.99. The van der Waals surface area contributed by atoms with Crippen molar-refractivity contribution in [3.05, 3.63) is 84.2 Å². The van der Waals surface area contributed by atoms with Crippen molar-refractivity contribution >= 4 is 11.0 Å². The molecule has 0 spiro atoms. The summed E-state index contributed by atoms with van der Waals surface area (Å²) in [4.78, 5) is 4.68. The fraction of sp³-hybridized carbons (Fsp3) is 0.240. The van der Waals surface area contributed by atoms with Crippen LogP contribution >= 0.6 is 0 Å². The summed E-state index contributed by atoms with van der Waals surface area (Å²) in [7, 11) is 0. The summed E-state index contributed by atoms with van der Waals surface area (Å²) in [6.07, 6.45) is 1.12. The first kappa shape index (κ1) is 19.2. The monoisotopic (exact) mass is 388 g/mol. The first-order valence-electron chi connectivity index (χ1n) is 10.1. The molecule has 0 aliphatic heterocycles. The number of ether oxygens (including phenoxy) is 1. The highest BCUT2D eigenvalue weighted by Gasteiger charge is 2.15. The minimum absolute atomic E-state index is 0.273. The van der Waals surface area contributed by atoms with E-state index in [1.54, 1.807) is 12.1 Å². The van der Waals surface area contributed by atoms with Crippen molar-refractivity contribution in [2.75, 3.05) is 6.61 Å². The Balaban J connectivity index is 1.56. The number of aromatic nitrogens is 2. The number of halogens is 1. The maximum absolute atomic E-state index is 14.4. The summed E-state index contributed by atoms with van der Waals surface area (Å²) in [5, 5.41) is 0. The zero-order valence-electron chi connectivity index (χ0n) is 16.8. The first-order chi connectivity index (χ1) is 14.2. The molecule has 0 fully saturated rings. The zero-order valence-corrected chi connectivity index (χ0v) is 16.8. The predicted octanol–water partition coefficient (Wildman–Crippen LogP) is 6.43. The Bertz CT molecular complexity index is 1100. The van der Waals surface area contributed by atoms with Crippen LogP contribution in [0.25, 0.3) is 22.4 Å². The van der Waals surface area contributed by atoms with E-state index in [1.807, 2.05) is 47.0 Å². The van der Waals surface area contributed by atoms with E-state index < -0.39 is 0 Å². The number of para-hydroxylation sites is 2. The van der Waals surface area contributed by atoms with Crippen LogP contribution in [0.2, 0.25) is 0 Å². The van der Waals surface area contributed by atoms with Crippen LogP contribution in [0.5, 0.6) is 5.75 Å². The van der Waals surface area contributed by atoms with Gasteiger partial charge < -0.3 is 9.30 Å². The van der Waals surface area contributed by atoms with Crippen LogP contribution < -0.4 is 4.74 Å². The highest BCUT2D eigenvalue weighted by molar-refractivity contribution is 5.80. The third kappa shape index (κ3) is 4.02. The van der Waals surface area contributed by atoms with Crippen molar-refractivity contribution in [2.24, 2.45) is 0 Å². The number of hydrogen-bond donors (Lipinski definition) is 0. The maximum atomic E-state index is 14.4. The topological polar surface area (TPSA) is 27.1 Å². The van der Waals surface area contributed by atoms with E-state index in [2.05, 4.69) is 31.0 Å². The van der Waals surface area contributed by atoms with Crippen LogP contribution in [0.4, 0.5) is 4.39 Å². The predicted molar refractivity (Wildman–Crippen MR) is 116 cm³/mol. The molecule has 148 valence electrons. The van der Waals surface area contributed by atoms with Gasteiger partial charge in [-0.3, -0.25) is 0 Å². The Morgan fingerprint density at radius 3 is 2.45 bits per heavy atom. The van der Waals surface area contributed by atoms with E-state index in [9.17, 15) is 4.39 Å². The molecule has 0 aliphatic carbocycles. The second-order valence-corrected chi connectivity index (χ2v) is 7.28. The second-order valence-electron chi connectivity index (χ2n) is 7.28. The van der Waals surface area contributed by atoms with Gasteiger partial charge in [0.1, 0.15) is 24.0 Å². The quantitative estimate of drug-likeness (QED) is 0.364.